The molecule has 132 valence electrons. The first-order valence-corrected chi connectivity index (χ1v) is 8.20. The van der Waals surface area contributed by atoms with Crippen molar-refractivity contribution in [3.05, 3.63) is 48.6 Å². The molecule has 1 unspecified atom stereocenters. The first-order valence-electron chi connectivity index (χ1n) is 8.20. The zero-order valence-electron chi connectivity index (χ0n) is 14.5. The number of esters is 1. The first kappa shape index (κ1) is 19.7. The zero-order valence-corrected chi connectivity index (χ0v) is 14.5. The van der Waals surface area contributed by atoms with Crippen LogP contribution in [0, 0.1) is 0 Å². The summed E-state index contributed by atoms with van der Waals surface area (Å²) in [5, 5.41) is 4.30. The summed E-state index contributed by atoms with van der Waals surface area (Å²) >= 11 is 0. The number of benzene rings is 1. The lowest BCUT2D eigenvalue weighted by atomic mass is 10.1. The van der Waals surface area contributed by atoms with Gasteiger partial charge in [0, 0.05) is 6.54 Å². The largest absolute Gasteiger partial charge is 0.465 e. The number of hydrazine groups is 1. The third kappa shape index (κ3) is 7.78. The fourth-order valence-electron chi connectivity index (χ4n) is 2.03. The molecule has 1 aromatic rings. The van der Waals surface area contributed by atoms with Crippen molar-refractivity contribution in [2.75, 3.05) is 19.7 Å². The lowest BCUT2D eigenvalue weighted by molar-refractivity contribution is -0.145. The highest BCUT2D eigenvalue weighted by Gasteiger charge is 2.15. The number of nitrogens with one attached hydrogen (secondary N) is 2. The standard InChI is InChI=1S/C18H27N3O3/c1-4-6-13-24-17(22)14-21(12-5-2)20-18(23)19-15(3)16-10-8-7-9-11-16/h5,7-11,15H,2,4,6,12-14H2,1,3H3,(H2,19,20,23). The van der Waals surface area contributed by atoms with Gasteiger partial charge in [0.25, 0.3) is 0 Å². The van der Waals surface area contributed by atoms with E-state index in [1.807, 2.05) is 44.2 Å². The van der Waals surface area contributed by atoms with Crippen molar-refractivity contribution in [3.8, 4) is 0 Å². The van der Waals surface area contributed by atoms with Crippen LogP contribution in [0.5, 0.6) is 0 Å². The molecule has 0 aliphatic rings. The zero-order chi connectivity index (χ0) is 17.8. The molecule has 0 aromatic heterocycles. The number of hydrogen-bond acceptors (Lipinski definition) is 4. The summed E-state index contributed by atoms with van der Waals surface area (Å²) in [4.78, 5) is 23.9. The monoisotopic (exact) mass is 333 g/mol. The van der Waals surface area contributed by atoms with E-state index in [2.05, 4.69) is 17.3 Å². The van der Waals surface area contributed by atoms with E-state index in [1.165, 1.54) is 5.01 Å². The fraction of sp³-hybridized carbons (Fsp3) is 0.444. The number of nitrogens with zero attached hydrogens (tertiary/aromatic N) is 1. The highest BCUT2D eigenvalue weighted by Crippen LogP contribution is 2.10. The number of carbonyl (C=O) groups excluding carboxylic acids is 2. The molecule has 2 N–H and O–H groups in total. The highest BCUT2D eigenvalue weighted by atomic mass is 16.5. The summed E-state index contributed by atoms with van der Waals surface area (Å²) in [5.74, 6) is -0.373. The second-order valence-electron chi connectivity index (χ2n) is 5.46. The average molecular weight is 333 g/mol. The summed E-state index contributed by atoms with van der Waals surface area (Å²) in [6.45, 7) is 8.27. The number of carbonyl (C=O) groups is 2. The summed E-state index contributed by atoms with van der Waals surface area (Å²) in [5.41, 5.74) is 3.65. The second kappa shape index (κ2) is 11.2. The third-order valence-corrected chi connectivity index (χ3v) is 3.34. The van der Waals surface area contributed by atoms with Crippen LogP contribution in [0.1, 0.15) is 38.3 Å². The van der Waals surface area contributed by atoms with Gasteiger partial charge < -0.3 is 10.1 Å². The van der Waals surface area contributed by atoms with Gasteiger partial charge in [-0.3, -0.25) is 10.2 Å². The smallest absolute Gasteiger partial charge is 0.329 e. The Morgan fingerprint density at radius 1 is 1.33 bits per heavy atom. The minimum Gasteiger partial charge on any atom is -0.465 e. The molecule has 6 nitrogen and oxygen atoms in total. The molecule has 6 heteroatoms. The van der Waals surface area contributed by atoms with Crippen molar-refractivity contribution in [1.29, 1.82) is 0 Å². The summed E-state index contributed by atoms with van der Waals surface area (Å²) in [6.07, 6.45) is 3.40. The molecule has 2 amide bonds. The number of unbranched alkanes of at least 4 members (excludes halogenated alkanes) is 1. The van der Waals surface area contributed by atoms with Gasteiger partial charge in [-0.2, -0.15) is 0 Å². The molecular weight excluding hydrogens is 306 g/mol. The van der Waals surface area contributed by atoms with Crippen LogP contribution < -0.4 is 10.7 Å². The molecule has 1 rings (SSSR count). The van der Waals surface area contributed by atoms with Gasteiger partial charge >= 0.3 is 12.0 Å². The molecule has 0 saturated carbocycles. The Balaban J connectivity index is 2.47. The minimum absolute atomic E-state index is 0.0249. The molecule has 0 fully saturated rings. The Bertz CT molecular complexity index is 520. The van der Waals surface area contributed by atoms with Gasteiger partial charge in [-0.05, 0) is 18.9 Å². The van der Waals surface area contributed by atoms with Crippen LogP contribution in [0.3, 0.4) is 0 Å². The lowest BCUT2D eigenvalue weighted by Crippen LogP contribution is -2.50. The second-order valence-corrected chi connectivity index (χ2v) is 5.46. The van der Waals surface area contributed by atoms with Crippen LogP contribution in [0.4, 0.5) is 4.79 Å². The number of ether oxygens (including phenoxy) is 1. The van der Waals surface area contributed by atoms with Crippen LogP contribution in [0.2, 0.25) is 0 Å². The number of amides is 2. The number of urea groups is 1. The normalized spacial score (nSPS) is 11.6. The van der Waals surface area contributed by atoms with Gasteiger partial charge in [0.15, 0.2) is 0 Å². The SMILES string of the molecule is C=CCN(CC(=O)OCCCC)NC(=O)NC(C)c1ccccc1. The predicted octanol–water partition coefficient (Wildman–Crippen LogP) is 2.79. The number of hydrogen-bond donors (Lipinski definition) is 2. The van der Waals surface area contributed by atoms with Gasteiger partial charge in [0.1, 0.15) is 6.54 Å². The van der Waals surface area contributed by atoms with E-state index in [0.29, 0.717) is 13.2 Å². The maximum atomic E-state index is 12.1. The molecule has 0 radical (unpaired) electrons. The predicted molar refractivity (Wildman–Crippen MR) is 94.2 cm³/mol. The van der Waals surface area contributed by atoms with Gasteiger partial charge in [0.05, 0.1) is 12.6 Å². The van der Waals surface area contributed by atoms with Crippen molar-refractivity contribution < 1.29 is 14.3 Å². The van der Waals surface area contributed by atoms with E-state index in [-0.39, 0.29) is 24.6 Å². The van der Waals surface area contributed by atoms with Gasteiger partial charge in [-0.1, -0.05) is 49.8 Å². The van der Waals surface area contributed by atoms with E-state index in [0.717, 1.165) is 18.4 Å². The average Bonchev–Trinajstić information content (AvgIpc) is 2.56. The molecule has 0 aliphatic carbocycles. The van der Waals surface area contributed by atoms with E-state index in [1.54, 1.807) is 6.08 Å². The van der Waals surface area contributed by atoms with Gasteiger partial charge in [0.2, 0.25) is 0 Å². The molecule has 1 atom stereocenters. The molecule has 0 saturated heterocycles. The fourth-order valence-corrected chi connectivity index (χ4v) is 2.03. The Morgan fingerprint density at radius 3 is 2.67 bits per heavy atom. The Morgan fingerprint density at radius 2 is 2.04 bits per heavy atom. The maximum Gasteiger partial charge on any atom is 0.329 e. The number of rotatable bonds is 10. The van der Waals surface area contributed by atoms with Gasteiger partial charge in [-0.15, -0.1) is 6.58 Å². The Labute approximate surface area is 143 Å². The topological polar surface area (TPSA) is 70.7 Å². The van der Waals surface area contributed by atoms with Crippen molar-refractivity contribution >= 4 is 12.0 Å². The van der Waals surface area contributed by atoms with E-state index >= 15 is 0 Å². The summed E-state index contributed by atoms with van der Waals surface area (Å²) in [7, 11) is 0. The van der Waals surface area contributed by atoms with E-state index in [9.17, 15) is 9.59 Å². The van der Waals surface area contributed by atoms with Crippen LogP contribution >= 0.6 is 0 Å². The molecule has 0 spiro atoms. The van der Waals surface area contributed by atoms with Crippen molar-refractivity contribution in [2.24, 2.45) is 0 Å². The van der Waals surface area contributed by atoms with E-state index in [4.69, 9.17) is 4.74 Å². The molecule has 0 heterocycles. The molecule has 0 bridgehead atoms. The maximum absolute atomic E-state index is 12.1. The molecule has 1 aromatic carbocycles. The molecular formula is C18H27N3O3. The summed E-state index contributed by atoms with van der Waals surface area (Å²) < 4.78 is 5.10. The highest BCUT2D eigenvalue weighted by molar-refractivity contribution is 5.75. The third-order valence-electron chi connectivity index (χ3n) is 3.34. The molecule has 24 heavy (non-hydrogen) atoms. The van der Waals surface area contributed by atoms with Crippen molar-refractivity contribution in [2.45, 2.75) is 32.7 Å². The minimum atomic E-state index is -0.380. The van der Waals surface area contributed by atoms with E-state index < -0.39 is 0 Å². The first-order chi connectivity index (χ1) is 11.6. The quantitative estimate of drug-likeness (QED) is 0.299. The van der Waals surface area contributed by atoms with Gasteiger partial charge in [-0.25, -0.2) is 9.80 Å². The van der Waals surface area contributed by atoms with Crippen molar-refractivity contribution in [3.63, 3.8) is 0 Å². The summed E-state index contributed by atoms with van der Waals surface area (Å²) in [6, 6.07) is 9.12. The van der Waals surface area contributed by atoms with Crippen LogP contribution in [0.25, 0.3) is 0 Å². The molecule has 0 aliphatic heterocycles. The van der Waals surface area contributed by atoms with Crippen molar-refractivity contribution in [1.82, 2.24) is 15.8 Å². The van der Waals surface area contributed by atoms with Crippen LogP contribution in [-0.2, 0) is 9.53 Å². The lowest BCUT2D eigenvalue weighted by Gasteiger charge is -2.22. The van der Waals surface area contributed by atoms with Crippen LogP contribution in [0.15, 0.2) is 43.0 Å². The Kier molecular flexibility index (Phi) is 9.23. The Hall–Kier alpha value is -2.34. The van der Waals surface area contributed by atoms with Crippen LogP contribution in [-0.4, -0.2) is 36.7 Å².